The van der Waals surface area contributed by atoms with Crippen LogP contribution in [0.5, 0.6) is 0 Å². The Balaban J connectivity index is 2.22. The van der Waals surface area contributed by atoms with E-state index in [2.05, 4.69) is 26.2 Å². The molecule has 0 unspecified atom stereocenters. The molecule has 0 bridgehead atoms. The van der Waals surface area contributed by atoms with Gasteiger partial charge in [0.15, 0.2) is 11.6 Å². The van der Waals surface area contributed by atoms with Crippen LogP contribution in [0.2, 0.25) is 0 Å². The zero-order chi connectivity index (χ0) is 13.1. The second-order valence-electron chi connectivity index (χ2n) is 3.42. The molecule has 92 valence electrons. The molecule has 6 heteroatoms. The Kier molecular flexibility index (Phi) is 3.66. The van der Waals surface area contributed by atoms with Crippen molar-refractivity contribution in [2.45, 2.75) is 0 Å². The summed E-state index contributed by atoms with van der Waals surface area (Å²) in [7, 11) is 0. The van der Waals surface area contributed by atoms with Crippen LogP contribution in [0.1, 0.15) is 10.4 Å². The number of benzene rings is 1. The summed E-state index contributed by atoms with van der Waals surface area (Å²) in [6.07, 6.45) is 1.48. The maximum Gasteiger partial charge on any atom is 0.259 e. The molecule has 0 aliphatic rings. The number of anilines is 1. The number of pyridine rings is 1. The smallest absolute Gasteiger partial charge is 0.259 e. The quantitative estimate of drug-likeness (QED) is 0.923. The summed E-state index contributed by atoms with van der Waals surface area (Å²) in [5, 5.41) is 2.38. The summed E-state index contributed by atoms with van der Waals surface area (Å²) in [6, 6.07) is 6.63. The number of carbonyl (C=O) groups is 1. The molecule has 1 amide bonds. The van der Waals surface area contributed by atoms with E-state index in [1.165, 1.54) is 18.3 Å². The van der Waals surface area contributed by atoms with Crippen molar-refractivity contribution in [3.05, 3.63) is 58.2 Å². The molecule has 0 aliphatic carbocycles. The fourth-order valence-corrected chi connectivity index (χ4v) is 1.55. The average Bonchev–Trinajstić information content (AvgIpc) is 2.35. The first kappa shape index (κ1) is 12.6. The first-order valence-corrected chi connectivity index (χ1v) is 5.74. The Morgan fingerprint density at radius 2 is 2.00 bits per heavy atom. The van der Waals surface area contributed by atoms with Gasteiger partial charge in [0, 0.05) is 10.7 Å². The van der Waals surface area contributed by atoms with Crippen molar-refractivity contribution in [3.63, 3.8) is 0 Å². The van der Waals surface area contributed by atoms with Gasteiger partial charge in [-0.2, -0.15) is 0 Å². The van der Waals surface area contributed by atoms with Crippen LogP contribution in [-0.2, 0) is 0 Å². The van der Waals surface area contributed by atoms with Crippen LogP contribution >= 0.6 is 15.9 Å². The van der Waals surface area contributed by atoms with E-state index in [1.807, 2.05) is 0 Å². The van der Waals surface area contributed by atoms with Crippen LogP contribution in [0.3, 0.4) is 0 Å². The third-order valence-corrected chi connectivity index (χ3v) is 2.63. The molecule has 1 aromatic heterocycles. The Morgan fingerprint density at radius 3 is 2.67 bits per heavy atom. The lowest BCUT2D eigenvalue weighted by Crippen LogP contribution is -2.15. The Hall–Kier alpha value is -1.82. The molecule has 0 fully saturated rings. The van der Waals surface area contributed by atoms with Crippen molar-refractivity contribution in [2.24, 2.45) is 0 Å². The minimum absolute atomic E-state index is 0.256. The van der Waals surface area contributed by atoms with E-state index in [4.69, 9.17) is 0 Å². The number of nitrogens with zero attached hydrogens (tertiary/aromatic N) is 1. The van der Waals surface area contributed by atoms with E-state index >= 15 is 0 Å². The van der Waals surface area contributed by atoms with Crippen molar-refractivity contribution in [2.75, 3.05) is 5.32 Å². The highest BCUT2D eigenvalue weighted by atomic mass is 79.9. The van der Waals surface area contributed by atoms with Gasteiger partial charge in [-0.3, -0.25) is 4.79 Å². The second-order valence-corrected chi connectivity index (χ2v) is 4.33. The highest BCUT2D eigenvalue weighted by Crippen LogP contribution is 2.14. The molecule has 0 aliphatic heterocycles. The van der Waals surface area contributed by atoms with Crippen molar-refractivity contribution in [1.82, 2.24) is 4.98 Å². The van der Waals surface area contributed by atoms with Crippen LogP contribution in [0, 0.1) is 11.6 Å². The molecular weight excluding hydrogens is 306 g/mol. The minimum atomic E-state index is -1.17. The molecule has 0 saturated carbocycles. The minimum Gasteiger partial charge on any atom is -0.306 e. The van der Waals surface area contributed by atoms with E-state index in [-0.39, 0.29) is 11.4 Å². The molecule has 2 rings (SSSR count). The van der Waals surface area contributed by atoms with Gasteiger partial charge < -0.3 is 5.32 Å². The molecule has 2 aromatic rings. The van der Waals surface area contributed by atoms with Crippen molar-refractivity contribution < 1.29 is 13.6 Å². The predicted octanol–water partition coefficient (Wildman–Crippen LogP) is 3.37. The molecule has 3 nitrogen and oxygen atoms in total. The van der Waals surface area contributed by atoms with Gasteiger partial charge in [0.1, 0.15) is 5.82 Å². The zero-order valence-electron chi connectivity index (χ0n) is 8.95. The Bertz CT molecular complexity index is 587. The topological polar surface area (TPSA) is 42.0 Å². The zero-order valence-corrected chi connectivity index (χ0v) is 10.5. The highest BCUT2D eigenvalue weighted by Gasteiger charge is 2.15. The third-order valence-electron chi connectivity index (χ3n) is 2.17. The van der Waals surface area contributed by atoms with E-state index in [0.717, 1.165) is 10.5 Å². The lowest BCUT2D eigenvalue weighted by atomic mass is 10.2. The summed E-state index contributed by atoms with van der Waals surface area (Å²) in [6.45, 7) is 0. The maximum atomic E-state index is 13.4. The fraction of sp³-hybridized carbons (Fsp3) is 0. The summed E-state index contributed by atoms with van der Waals surface area (Å²) in [5.41, 5.74) is -0.361. The van der Waals surface area contributed by atoms with Crippen molar-refractivity contribution >= 4 is 27.7 Å². The number of aromatic nitrogens is 1. The van der Waals surface area contributed by atoms with Gasteiger partial charge in [0.2, 0.25) is 0 Å². The average molecular weight is 313 g/mol. The molecule has 18 heavy (non-hydrogen) atoms. The molecule has 0 spiro atoms. The van der Waals surface area contributed by atoms with Crippen LogP contribution in [0.4, 0.5) is 14.6 Å². The van der Waals surface area contributed by atoms with E-state index < -0.39 is 17.5 Å². The van der Waals surface area contributed by atoms with E-state index in [0.29, 0.717) is 0 Å². The summed E-state index contributed by atoms with van der Waals surface area (Å²) < 4.78 is 27.1. The number of hydrogen-bond acceptors (Lipinski definition) is 2. The molecule has 1 N–H and O–H groups in total. The number of halogens is 3. The number of carbonyl (C=O) groups excluding carboxylic acids is 1. The standard InChI is InChI=1S/C12H7BrF2N2O/c13-7-4-5-10(16-6-7)17-12(18)8-2-1-3-9(14)11(8)15/h1-6H,(H,16,17,18). The van der Waals surface area contributed by atoms with Crippen molar-refractivity contribution in [3.8, 4) is 0 Å². The lowest BCUT2D eigenvalue weighted by molar-refractivity contribution is 0.102. The van der Waals surface area contributed by atoms with Gasteiger partial charge in [-0.1, -0.05) is 6.07 Å². The predicted molar refractivity (Wildman–Crippen MR) is 66.2 cm³/mol. The molecular formula is C12H7BrF2N2O. The lowest BCUT2D eigenvalue weighted by Gasteiger charge is -2.05. The van der Waals surface area contributed by atoms with E-state index in [9.17, 15) is 13.6 Å². The van der Waals surface area contributed by atoms with Crippen LogP contribution in [0.25, 0.3) is 0 Å². The van der Waals surface area contributed by atoms with Gasteiger partial charge in [-0.05, 0) is 40.2 Å². The molecule has 0 atom stereocenters. The van der Waals surface area contributed by atoms with Gasteiger partial charge in [0.25, 0.3) is 5.91 Å². The molecule has 0 saturated heterocycles. The largest absolute Gasteiger partial charge is 0.306 e. The highest BCUT2D eigenvalue weighted by molar-refractivity contribution is 9.10. The second kappa shape index (κ2) is 5.22. The van der Waals surface area contributed by atoms with Crippen LogP contribution in [0.15, 0.2) is 41.0 Å². The summed E-state index contributed by atoms with van der Waals surface area (Å²) in [4.78, 5) is 15.6. The Morgan fingerprint density at radius 1 is 1.22 bits per heavy atom. The maximum absolute atomic E-state index is 13.4. The van der Waals surface area contributed by atoms with Gasteiger partial charge >= 0.3 is 0 Å². The monoisotopic (exact) mass is 312 g/mol. The number of nitrogens with one attached hydrogen (secondary N) is 1. The molecule has 0 radical (unpaired) electrons. The fourth-order valence-electron chi connectivity index (χ4n) is 1.31. The SMILES string of the molecule is O=C(Nc1ccc(Br)cn1)c1cccc(F)c1F. The van der Waals surface area contributed by atoms with Gasteiger partial charge in [-0.15, -0.1) is 0 Å². The molecule has 1 heterocycles. The number of rotatable bonds is 2. The van der Waals surface area contributed by atoms with Crippen LogP contribution < -0.4 is 5.32 Å². The normalized spacial score (nSPS) is 10.2. The van der Waals surface area contributed by atoms with Gasteiger partial charge in [-0.25, -0.2) is 13.8 Å². The first-order chi connectivity index (χ1) is 8.58. The van der Waals surface area contributed by atoms with Crippen molar-refractivity contribution in [1.29, 1.82) is 0 Å². The summed E-state index contributed by atoms with van der Waals surface area (Å²) >= 11 is 3.19. The number of hydrogen-bond donors (Lipinski definition) is 1. The Labute approximate surface area is 110 Å². The van der Waals surface area contributed by atoms with Crippen LogP contribution in [-0.4, -0.2) is 10.9 Å². The molecule has 1 aromatic carbocycles. The van der Waals surface area contributed by atoms with E-state index in [1.54, 1.807) is 12.1 Å². The summed E-state index contributed by atoms with van der Waals surface area (Å²) in [5.74, 6) is -2.73. The number of amides is 1. The van der Waals surface area contributed by atoms with Gasteiger partial charge in [0.05, 0.1) is 5.56 Å². The third kappa shape index (κ3) is 2.70. The first-order valence-electron chi connectivity index (χ1n) is 4.95.